The molecule has 0 aliphatic heterocycles. The molecular formula is C17H21F3N4OS. The van der Waals surface area contributed by atoms with Crippen LogP contribution < -0.4 is 15.4 Å². The molecule has 0 spiro atoms. The van der Waals surface area contributed by atoms with Crippen LogP contribution in [0, 0.1) is 13.8 Å². The number of hydrogen-bond donors (Lipinski definition) is 2. The van der Waals surface area contributed by atoms with E-state index in [4.69, 9.17) is 0 Å². The van der Waals surface area contributed by atoms with Crippen molar-refractivity contribution in [3.05, 3.63) is 45.4 Å². The largest absolute Gasteiger partial charge is 0.484 e. The molecule has 0 amide bonds. The molecule has 9 heteroatoms. The van der Waals surface area contributed by atoms with Gasteiger partial charge in [-0.2, -0.15) is 13.2 Å². The van der Waals surface area contributed by atoms with E-state index < -0.39 is 12.8 Å². The molecule has 0 fully saturated rings. The van der Waals surface area contributed by atoms with Crippen molar-refractivity contribution in [1.29, 1.82) is 0 Å². The summed E-state index contributed by atoms with van der Waals surface area (Å²) in [6.45, 7) is 3.76. The number of aryl methyl sites for hydroxylation is 2. The van der Waals surface area contributed by atoms with E-state index in [1.165, 1.54) is 12.1 Å². The van der Waals surface area contributed by atoms with E-state index in [9.17, 15) is 13.2 Å². The zero-order valence-corrected chi connectivity index (χ0v) is 15.6. The number of aromatic nitrogens is 1. The van der Waals surface area contributed by atoms with Gasteiger partial charge < -0.3 is 15.4 Å². The maximum Gasteiger partial charge on any atom is 0.422 e. The molecule has 2 rings (SSSR count). The molecule has 0 unspecified atom stereocenters. The highest BCUT2D eigenvalue weighted by Crippen LogP contribution is 2.19. The summed E-state index contributed by atoms with van der Waals surface area (Å²) in [5.74, 6) is 0.817. The molecule has 0 aliphatic carbocycles. The monoisotopic (exact) mass is 386 g/mol. The van der Waals surface area contributed by atoms with Gasteiger partial charge in [-0.1, -0.05) is 12.1 Å². The third-order valence-electron chi connectivity index (χ3n) is 3.43. The molecule has 0 radical (unpaired) electrons. The summed E-state index contributed by atoms with van der Waals surface area (Å²) in [6.07, 6.45) is -4.34. The number of nitrogens with one attached hydrogen (secondary N) is 2. The standard InChI is InChI=1S/C17H21F3N4OS/c1-11-15(26-12(2)24-11)9-23-16(21-3)22-8-13-4-6-14(7-5-13)25-10-17(18,19)20/h4-7H,8-10H2,1-3H3,(H2,21,22,23). The first-order valence-corrected chi connectivity index (χ1v) is 8.74. The van der Waals surface area contributed by atoms with Crippen LogP contribution >= 0.6 is 11.3 Å². The van der Waals surface area contributed by atoms with Crippen molar-refractivity contribution in [2.45, 2.75) is 33.1 Å². The number of hydrogen-bond acceptors (Lipinski definition) is 4. The van der Waals surface area contributed by atoms with Gasteiger partial charge in [-0.3, -0.25) is 4.99 Å². The summed E-state index contributed by atoms with van der Waals surface area (Å²) in [4.78, 5) is 9.69. The van der Waals surface area contributed by atoms with Crippen molar-refractivity contribution in [2.75, 3.05) is 13.7 Å². The van der Waals surface area contributed by atoms with Crippen LogP contribution in [0.25, 0.3) is 0 Å². The Balaban J connectivity index is 1.81. The minimum absolute atomic E-state index is 0.185. The molecule has 5 nitrogen and oxygen atoms in total. The molecule has 0 saturated carbocycles. The predicted molar refractivity (Wildman–Crippen MR) is 96.6 cm³/mol. The predicted octanol–water partition coefficient (Wildman–Crippen LogP) is 3.57. The van der Waals surface area contributed by atoms with Gasteiger partial charge >= 0.3 is 6.18 Å². The number of alkyl halides is 3. The average Bonchev–Trinajstić information content (AvgIpc) is 2.91. The number of thiazole rings is 1. The van der Waals surface area contributed by atoms with Crippen LogP contribution in [-0.4, -0.2) is 30.8 Å². The molecule has 0 saturated heterocycles. The van der Waals surface area contributed by atoms with Crippen LogP contribution in [-0.2, 0) is 13.1 Å². The zero-order valence-electron chi connectivity index (χ0n) is 14.8. The maximum absolute atomic E-state index is 12.1. The summed E-state index contributed by atoms with van der Waals surface area (Å²) in [5, 5.41) is 7.40. The van der Waals surface area contributed by atoms with Crippen LogP contribution in [0.4, 0.5) is 13.2 Å². The second-order valence-electron chi connectivity index (χ2n) is 5.57. The van der Waals surface area contributed by atoms with Gasteiger partial charge in [0.2, 0.25) is 0 Å². The summed E-state index contributed by atoms with van der Waals surface area (Å²) in [5.41, 5.74) is 1.90. The average molecular weight is 386 g/mol. The molecule has 2 N–H and O–H groups in total. The number of guanidine groups is 1. The van der Waals surface area contributed by atoms with Crippen molar-refractivity contribution in [3.8, 4) is 5.75 Å². The van der Waals surface area contributed by atoms with E-state index >= 15 is 0 Å². The summed E-state index contributed by atoms with van der Waals surface area (Å²) >= 11 is 1.64. The summed E-state index contributed by atoms with van der Waals surface area (Å²) in [6, 6.07) is 6.45. The number of nitrogens with zero attached hydrogens (tertiary/aromatic N) is 2. The fraction of sp³-hybridized carbons (Fsp3) is 0.412. The van der Waals surface area contributed by atoms with Crippen LogP contribution in [0.15, 0.2) is 29.3 Å². The smallest absolute Gasteiger partial charge is 0.422 e. The number of aliphatic imine (C=N–C) groups is 1. The summed E-state index contributed by atoms with van der Waals surface area (Å²) in [7, 11) is 1.67. The third-order valence-corrected chi connectivity index (χ3v) is 4.50. The summed E-state index contributed by atoms with van der Waals surface area (Å²) < 4.78 is 41.1. The molecule has 0 bridgehead atoms. The molecule has 1 aromatic carbocycles. The molecule has 2 aromatic rings. The number of benzene rings is 1. The van der Waals surface area contributed by atoms with Gasteiger partial charge in [0.25, 0.3) is 0 Å². The lowest BCUT2D eigenvalue weighted by Gasteiger charge is -2.12. The quantitative estimate of drug-likeness (QED) is 0.589. The van der Waals surface area contributed by atoms with Crippen LogP contribution in [0.2, 0.25) is 0 Å². The Bertz CT molecular complexity index is 741. The fourth-order valence-electron chi connectivity index (χ4n) is 2.18. The highest BCUT2D eigenvalue weighted by atomic mass is 32.1. The van der Waals surface area contributed by atoms with Gasteiger partial charge in [0.1, 0.15) is 5.75 Å². The highest BCUT2D eigenvalue weighted by molar-refractivity contribution is 7.11. The SMILES string of the molecule is CN=C(NCc1ccc(OCC(F)(F)F)cc1)NCc1sc(C)nc1C. The minimum atomic E-state index is -4.34. The lowest BCUT2D eigenvalue weighted by atomic mass is 10.2. The number of ether oxygens (including phenoxy) is 1. The van der Waals surface area contributed by atoms with Gasteiger partial charge in [0.05, 0.1) is 17.2 Å². The number of halogens is 3. The van der Waals surface area contributed by atoms with Gasteiger partial charge in [-0.05, 0) is 31.5 Å². The van der Waals surface area contributed by atoms with Crippen molar-refractivity contribution >= 4 is 17.3 Å². The zero-order chi connectivity index (χ0) is 19.2. The second kappa shape index (κ2) is 8.88. The Labute approximate surface area is 154 Å². The van der Waals surface area contributed by atoms with Gasteiger partial charge in [-0.25, -0.2) is 4.98 Å². The first-order valence-electron chi connectivity index (χ1n) is 7.93. The Morgan fingerprint density at radius 1 is 1.15 bits per heavy atom. The normalized spacial score (nSPS) is 12.2. The minimum Gasteiger partial charge on any atom is -0.484 e. The van der Waals surface area contributed by atoms with E-state index in [-0.39, 0.29) is 5.75 Å². The van der Waals surface area contributed by atoms with Gasteiger partial charge in [0, 0.05) is 18.5 Å². The Hall–Kier alpha value is -2.29. The lowest BCUT2D eigenvalue weighted by Crippen LogP contribution is -2.36. The van der Waals surface area contributed by atoms with Crippen LogP contribution in [0.1, 0.15) is 21.1 Å². The van der Waals surface area contributed by atoms with E-state index in [0.717, 1.165) is 21.1 Å². The van der Waals surface area contributed by atoms with Crippen molar-refractivity contribution in [2.24, 2.45) is 4.99 Å². The number of rotatable bonds is 6. The van der Waals surface area contributed by atoms with E-state index in [2.05, 4.69) is 25.3 Å². The van der Waals surface area contributed by atoms with Crippen molar-refractivity contribution in [3.63, 3.8) is 0 Å². The molecule has 142 valence electrons. The molecule has 26 heavy (non-hydrogen) atoms. The van der Waals surface area contributed by atoms with Crippen molar-refractivity contribution < 1.29 is 17.9 Å². The van der Waals surface area contributed by atoms with Gasteiger partial charge in [-0.15, -0.1) is 11.3 Å². The van der Waals surface area contributed by atoms with Crippen LogP contribution in [0.5, 0.6) is 5.75 Å². The van der Waals surface area contributed by atoms with Crippen molar-refractivity contribution in [1.82, 2.24) is 15.6 Å². The molecule has 0 aliphatic rings. The van der Waals surface area contributed by atoms with E-state index in [1.807, 2.05) is 13.8 Å². The Morgan fingerprint density at radius 3 is 2.35 bits per heavy atom. The first-order chi connectivity index (χ1) is 12.3. The van der Waals surface area contributed by atoms with Gasteiger partial charge in [0.15, 0.2) is 12.6 Å². The van der Waals surface area contributed by atoms with E-state index in [0.29, 0.717) is 19.0 Å². The Morgan fingerprint density at radius 2 is 1.81 bits per heavy atom. The highest BCUT2D eigenvalue weighted by Gasteiger charge is 2.28. The first kappa shape index (κ1) is 20.0. The lowest BCUT2D eigenvalue weighted by molar-refractivity contribution is -0.153. The van der Waals surface area contributed by atoms with Crippen LogP contribution in [0.3, 0.4) is 0 Å². The van der Waals surface area contributed by atoms with E-state index in [1.54, 1.807) is 30.5 Å². The molecular weight excluding hydrogens is 365 g/mol. The molecule has 1 heterocycles. The third kappa shape index (κ3) is 6.55. The molecule has 1 aromatic heterocycles. The maximum atomic E-state index is 12.1. The Kier molecular flexibility index (Phi) is 6.84. The molecule has 0 atom stereocenters. The fourth-order valence-corrected chi connectivity index (χ4v) is 3.05. The topological polar surface area (TPSA) is 58.5 Å². The second-order valence-corrected chi connectivity index (χ2v) is 6.86.